The fraction of sp³-hybridized carbons (Fsp3) is 0.167. The van der Waals surface area contributed by atoms with Crippen LogP contribution in [0.1, 0.15) is 27.6 Å². The van der Waals surface area contributed by atoms with Crippen LogP contribution in [-0.4, -0.2) is 35.5 Å². The van der Waals surface area contributed by atoms with Crippen molar-refractivity contribution in [2.75, 3.05) is 6.79 Å². The Kier molecular flexibility index (Phi) is 3.42. The lowest BCUT2D eigenvalue weighted by atomic mass is 10.1. The number of carbonyl (C=O) groups excluding carboxylic acids is 3. The van der Waals surface area contributed by atoms with Gasteiger partial charge in [-0.05, 0) is 31.2 Å². The van der Waals surface area contributed by atoms with E-state index in [0.29, 0.717) is 11.5 Å². The van der Waals surface area contributed by atoms with Gasteiger partial charge in [0.2, 0.25) is 6.79 Å². The third-order valence-corrected chi connectivity index (χ3v) is 4.12. The minimum atomic E-state index is -1.06. The van der Waals surface area contributed by atoms with Crippen molar-refractivity contribution in [3.63, 3.8) is 0 Å². The van der Waals surface area contributed by atoms with Crippen LogP contribution in [0.2, 0.25) is 0 Å². The number of benzene rings is 2. The molecule has 7 nitrogen and oxygen atoms in total. The van der Waals surface area contributed by atoms with Gasteiger partial charge in [-0.1, -0.05) is 12.1 Å². The van der Waals surface area contributed by atoms with E-state index in [1.807, 2.05) is 0 Å². The molecule has 0 saturated heterocycles. The summed E-state index contributed by atoms with van der Waals surface area (Å²) in [4.78, 5) is 38.2. The normalized spacial score (nSPS) is 16.0. The molecule has 0 aromatic heterocycles. The maximum absolute atomic E-state index is 12.4. The van der Waals surface area contributed by atoms with Gasteiger partial charge in [-0.3, -0.25) is 14.5 Å². The highest BCUT2D eigenvalue weighted by Crippen LogP contribution is 2.35. The smallest absolute Gasteiger partial charge is 0.334 e. The topological polar surface area (TPSA) is 82.1 Å². The fourth-order valence-corrected chi connectivity index (χ4v) is 2.81. The van der Waals surface area contributed by atoms with Gasteiger partial charge in [-0.25, -0.2) is 4.79 Å². The third kappa shape index (κ3) is 2.40. The molecule has 0 spiro atoms. The summed E-state index contributed by atoms with van der Waals surface area (Å²) in [5, 5.41) is 0. The van der Waals surface area contributed by atoms with Crippen LogP contribution in [-0.2, 0) is 4.79 Å². The van der Waals surface area contributed by atoms with Crippen molar-refractivity contribution in [1.82, 2.24) is 4.90 Å². The van der Waals surface area contributed by atoms with Crippen molar-refractivity contribution < 1.29 is 28.6 Å². The third-order valence-electron chi connectivity index (χ3n) is 4.12. The van der Waals surface area contributed by atoms with Crippen molar-refractivity contribution in [2.45, 2.75) is 13.0 Å². The molecule has 2 heterocycles. The molecule has 2 aromatic rings. The molecule has 2 aliphatic heterocycles. The van der Waals surface area contributed by atoms with Crippen LogP contribution in [0, 0.1) is 0 Å². The molecule has 0 fully saturated rings. The first-order valence-electron chi connectivity index (χ1n) is 7.64. The van der Waals surface area contributed by atoms with Crippen LogP contribution < -0.4 is 14.2 Å². The van der Waals surface area contributed by atoms with E-state index in [2.05, 4.69) is 0 Å². The van der Waals surface area contributed by atoms with Crippen molar-refractivity contribution in [2.24, 2.45) is 0 Å². The van der Waals surface area contributed by atoms with Crippen LogP contribution in [0.3, 0.4) is 0 Å². The van der Waals surface area contributed by atoms with E-state index in [4.69, 9.17) is 14.2 Å². The van der Waals surface area contributed by atoms with Gasteiger partial charge in [0.25, 0.3) is 11.8 Å². The van der Waals surface area contributed by atoms with E-state index >= 15 is 0 Å². The molecule has 7 heteroatoms. The van der Waals surface area contributed by atoms with Crippen LogP contribution in [0.25, 0.3) is 0 Å². The molecule has 0 unspecified atom stereocenters. The molecule has 1 atom stereocenters. The maximum Gasteiger partial charge on any atom is 0.334 e. The van der Waals surface area contributed by atoms with Gasteiger partial charge < -0.3 is 14.2 Å². The molecule has 25 heavy (non-hydrogen) atoms. The van der Waals surface area contributed by atoms with Crippen molar-refractivity contribution in [1.29, 1.82) is 0 Å². The second-order valence-electron chi connectivity index (χ2n) is 5.64. The Morgan fingerprint density at radius 2 is 1.68 bits per heavy atom. The van der Waals surface area contributed by atoms with Crippen molar-refractivity contribution in [3.05, 3.63) is 53.6 Å². The predicted octanol–water partition coefficient (Wildman–Crippen LogP) is 2.01. The Bertz CT molecular complexity index is 871. The molecule has 0 bridgehead atoms. The van der Waals surface area contributed by atoms with E-state index < -0.39 is 23.8 Å². The average Bonchev–Trinajstić information content (AvgIpc) is 3.18. The van der Waals surface area contributed by atoms with Gasteiger partial charge in [0.05, 0.1) is 11.1 Å². The van der Waals surface area contributed by atoms with Gasteiger partial charge in [0.1, 0.15) is 11.8 Å². The minimum absolute atomic E-state index is 0.109. The summed E-state index contributed by atoms with van der Waals surface area (Å²) >= 11 is 0. The molecular weight excluding hydrogens is 326 g/mol. The molecule has 2 amide bonds. The zero-order valence-corrected chi connectivity index (χ0v) is 13.2. The van der Waals surface area contributed by atoms with Crippen LogP contribution in [0.15, 0.2) is 42.5 Å². The van der Waals surface area contributed by atoms with Crippen LogP contribution in [0.5, 0.6) is 17.2 Å². The summed E-state index contributed by atoms with van der Waals surface area (Å²) in [6.07, 6.45) is 0. The standard InChI is InChI=1S/C18H13NO6/c1-10(19-16(20)12-4-2-3-5-13(12)17(19)21)18(22)25-11-6-7-14-15(8-11)24-9-23-14/h2-8,10H,9H2,1H3/t10-/m1/s1. The molecule has 0 aliphatic carbocycles. The number of hydrogen-bond donors (Lipinski definition) is 0. The summed E-state index contributed by atoms with van der Waals surface area (Å²) in [5.74, 6) is -0.440. The minimum Gasteiger partial charge on any atom is -0.454 e. The van der Waals surface area contributed by atoms with E-state index in [1.54, 1.807) is 36.4 Å². The second kappa shape index (κ2) is 5.62. The highest BCUT2D eigenvalue weighted by Gasteiger charge is 2.41. The number of hydrogen-bond acceptors (Lipinski definition) is 6. The average molecular weight is 339 g/mol. The Hall–Kier alpha value is -3.35. The van der Waals surface area contributed by atoms with Crippen molar-refractivity contribution in [3.8, 4) is 17.2 Å². The highest BCUT2D eigenvalue weighted by molar-refractivity contribution is 6.22. The van der Waals surface area contributed by atoms with Crippen LogP contribution in [0.4, 0.5) is 0 Å². The molecule has 0 saturated carbocycles. The number of amides is 2. The number of nitrogens with zero attached hydrogens (tertiary/aromatic N) is 1. The lowest BCUT2D eigenvalue weighted by molar-refractivity contribution is -0.138. The quantitative estimate of drug-likeness (QED) is 0.483. The first-order valence-corrected chi connectivity index (χ1v) is 7.64. The number of rotatable bonds is 3. The van der Waals surface area contributed by atoms with Gasteiger partial charge >= 0.3 is 5.97 Å². The first kappa shape index (κ1) is 15.2. The Morgan fingerprint density at radius 1 is 1.04 bits per heavy atom. The number of carbonyl (C=O) groups is 3. The van der Waals surface area contributed by atoms with Gasteiger partial charge in [0, 0.05) is 6.07 Å². The molecule has 4 rings (SSSR count). The number of esters is 1. The fourth-order valence-electron chi connectivity index (χ4n) is 2.81. The molecule has 0 N–H and O–H groups in total. The highest BCUT2D eigenvalue weighted by atomic mass is 16.7. The molecule has 0 radical (unpaired) electrons. The zero-order chi connectivity index (χ0) is 17.6. The molecule has 126 valence electrons. The summed E-state index contributed by atoms with van der Waals surface area (Å²) in [6.45, 7) is 1.56. The Balaban J connectivity index is 1.53. The zero-order valence-electron chi connectivity index (χ0n) is 13.2. The van der Waals surface area contributed by atoms with Gasteiger partial charge in [-0.15, -0.1) is 0 Å². The monoisotopic (exact) mass is 339 g/mol. The van der Waals surface area contributed by atoms with Gasteiger partial charge in [0.15, 0.2) is 11.5 Å². The Labute approximate surface area is 142 Å². The summed E-state index contributed by atoms with van der Waals surface area (Å²) < 4.78 is 15.7. The lowest BCUT2D eigenvalue weighted by Crippen LogP contribution is -2.44. The summed E-state index contributed by atoms with van der Waals surface area (Å²) in [5.41, 5.74) is 0.574. The lowest BCUT2D eigenvalue weighted by Gasteiger charge is -2.20. The molecular formula is C18H13NO6. The van der Waals surface area contributed by atoms with Crippen molar-refractivity contribution >= 4 is 17.8 Å². The van der Waals surface area contributed by atoms with E-state index in [9.17, 15) is 14.4 Å². The van der Waals surface area contributed by atoms with Crippen LogP contribution >= 0.6 is 0 Å². The number of ether oxygens (including phenoxy) is 3. The second-order valence-corrected chi connectivity index (χ2v) is 5.64. The summed E-state index contributed by atoms with van der Waals surface area (Å²) in [7, 11) is 0. The molecule has 2 aliphatic rings. The summed E-state index contributed by atoms with van der Waals surface area (Å²) in [6, 6.07) is 10.1. The molecule has 2 aromatic carbocycles. The van der Waals surface area contributed by atoms with E-state index in [0.717, 1.165) is 4.90 Å². The largest absolute Gasteiger partial charge is 0.454 e. The number of fused-ring (bicyclic) bond motifs is 2. The first-order chi connectivity index (χ1) is 12.1. The SMILES string of the molecule is C[C@H](C(=O)Oc1ccc2c(c1)OCO2)N1C(=O)c2ccccc2C1=O. The van der Waals surface area contributed by atoms with E-state index in [1.165, 1.54) is 13.0 Å². The predicted molar refractivity (Wildman–Crippen MR) is 84.6 cm³/mol. The van der Waals surface area contributed by atoms with E-state index in [-0.39, 0.29) is 23.7 Å². The number of imide groups is 1. The maximum atomic E-state index is 12.4. The van der Waals surface area contributed by atoms with Gasteiger partial charge in [-0.2, -0.15) is 0 Å². The Morgan fingerprint density at radius 3 is 2.36 bits per heavy atom.